The summed E-state index contributed by atoms with van der Waals surface area (Å²) in [5.74, 6) is 0.421. The van der Waals surface area contributed by atoms with Crippen LogP contribution in [0.4, 0.5) is 4.79 Å². The van der Waals surface area contributed by atoms with Gasteiger partial charge in [-0.1, -0.05) is 103 Å². The molecular weight excluding hydrogens is 691 g/mol. The summed E-state index contributed by atoms with van der Waals surface area (Å²) in [4.78, 5) is 17.5. The van der Waals surface area contributed by atoms with Crippen molar-refractivity contribution in [1.29, 1.82) is 0 Å². The van der Waals surface area contributed by atoms with E-state index in [-0.39, 0.29) is 49.5 Å². The zero-order valence-electron chi connectivity index (χ0n) is 30.4. The SMILES string of the molecule is COc1ccc(C[C@@H]2[C@@H](O)[C@@H]3C[C@]4(CC[C@H]3OP(=O)(OCc3ccccc3)OCc3ccccc3)C[C@@H](N(C)C(=O)OCc3ccccc3)CN24)cc1. The maximum absolute atomic E-state index is 14.5. The Morgan fingerprint density at radius 1 is 0.811 bits per heavy atom. The van der Waals surface area contributed by atoms with E-state index >= 15 is 0 Å². The van der Waals surface area contributed by atoms with E-state index in [4.69, 9.17) is 23.0 Å². The van der Waals surface area contributed by atoms with Crippen LogP contribution in [0.2, 0.25) is 0 Å². The lowest BCUT2D eigenvalue weighted by atomic mass is 9.65. The fraction of sp³-hybridized carbons (Fsp3) is 0.405. The lowest BCUT2D eigenvalue weighted by Crippen LogP contribution is -2.66. The van der Waals surface area contributed by atoms with Crippen LogP contribution in [0.5, 0.6) is 5.75 Å². The van der Waals surface area contributed by atoms with Gasteiger partial charge in [-0.05, 0) is 66.5 Å². The molecule has 1 spiro atoms. The Hall–Kier alpha value is -4.02. The van der Waals surface area contributed by atoms with E-state index in [0.717, 1.165) is 40.8 Å². The molecule has 0 unspecified atom stereocenters. The van der Waals surface area contributed by atoms with E-state index in [0.29, 0.717) is 25.8 Å². The molecule has 4 aromatic carbocycles. The molecule has 280 valence electrons. The average Bonchev–Trinajstić information content (AvgIpc) is 3.57. The number of nitrogens with zero attached hydrogens (tertiary/aromatic N) is 2. The van der Waals surface area contributed by atoms with Gasteiger partial charge in [-0.3, -0.25) is 18.5 Å². The van der Waals surface area contributed by atoms with Crippen LogP contribution in [-0.2, 0) is 49.1 Å². The van der Waals surface area contributed by atoms with Crippen molar-refractivity contribution in [1.82, 2.24) is 9.80 Å². The van der Waals surface area contributed by atoms with Crippen molar-refractivity contribution in [2.24, 2.45) is 5.92 Å². The van der Waals surface area contributed by atoms with Gasteiger partial charge in [-0.2, -0.15) is 0 Å². The number of hydrogen-bond donors (Lipinski definition) is 1. The van der Waals surface area contributed by atoms with E-state index in [2.05, 4.69) is 4.90 Å². The highest BCUT2D eigenvalue weighted by atomic mass is 31.2. The molecule has 1 saturated carbocycles. The predicted octanol–water partition coefficient (Wildman–Crippen LogP) is 7.79. The predicted molar refractivity (Wildman–Crippen MR) is 201 cm³/mol. The Morgan fingerprint density at radius 3 is 1.94 bits per heavy atom. The zero-order chi connectivity index (χ0) is 36.8. The molecule has 2 heterocycles. The highest BCUT2D eigenvalue weighted by Crippen LogP contribution is 2.58. The number of rotatable bonds is 14. The number of fused-ring (bicyclic) bond motifs is 1. The Kier molecular flexibility index (Phi) is 11.7. The number of piperidine rings is 1. The molecular formula is C42H49N2O8P. The molecule has 2 saturated heterocycles. The summed E-state index contributed by atoms with van der Waals surface area (Å²) < 4.78 is 44.2. The number of carbonyl (C=O) groups is 1. The van der Waals surface area contributed by atoms with Crippen LogP contribution in [0.3, 0.4) is 0 Å². The molecule has 4 aromatic rings. The number of amides is 1. The number of benzene rings is 4. The number of phosphoric ester groups is 1. The third kappa shape index (κ3) is 8.70. The molecule has 2 bridgehead atoms. The maximum Gasteiger partial charge on any atom is 0.475 e. The minimum absolute atomic E-state index is 0.0546. The largest absolute Gasteiger partial charge is 0.497 e. The van der Waals surface area contributed by atoms with Gasteiger partial charge in [0.1, 0.15) is 12.4 Å². The van der Waals surface area contributed by atoms with E-state index < -0.39 is 20.0 Å². The van der Waals surface area contributed by atoms with E-state index in [1.165, 1.54) is 0 Å². The summed E-state index contributed by atoms with van der Waals surface area (Å²) in [6, 6.07) is 36.2. The third-order valence-electron chi connectivity index (χ3n) is 11.2. The number of ether oxygens (including phenoxy) is 2. The zero-order valence-corrected chi connectivity index (χ0v) is 31.3. The first kappa shape index (κ1) is 37.3. The summed E-state index contributed by atoms with van der Waals surface area (Å²) in [6.07, 6.45) is 1.48. The summed E-state index contributed by atoms with van der Waals surface area (Å²) >= 11 is 0. The van der Waals surface area contributed by atoms with E-state index in [1.807, 2.05) is 115 Å². The van der Waals surface area contributed by atoms with Gasteiger partial charge in [0.25, 0.3) is 0 Å². The van der Waals surface area contributed by atoms with Crippen LogP contribution in [-0.4, -0.2) is 71.5 Å². The van der Waals surface area contributed by atoms with Crippen LogP contribution in [0, 0.1) is 5.92 Å². The van der Waals surface area contributed by atoms with Crippen molar-refractivity contribution in [3.8, 4) is 5.75 Å². The van der Waals surface area contributed by atoms with Crippen LogP contribution >= 0.6 is 7.82 Å². The first-order valence-corrected chi connectivity index (χ1v) is 19.9. The van der Waals surface area contributed by atoms with Gasteiger partial charge in [-0.25, -0.2) is 9.36 Å². The monoisotopic (exact) mass is 740 g/mol. The molecule has 3 fully saturated rings. The number of carbonyl (C=O) groups excluding carboxylic acids is 1. The highest BCUT2D eigenvalue weighted by molar-refractivity contribution is 7.48. The third-order valence-corrected chi connectivity index (χ3v) is 12.6. The Labute approximate surface area is 312 Å². The molecule has 6 atom stereocenters. The second-order valence-electron chi connectivity index (χ2n) is 14.5. The van der Waals surface area contributed by atoms with E-state index in [1.54, 1.807) is 19.1 Å². The number of aliphatic hydroxyl groups is 1. The smallest absolute Gasteiger partial charge is 0.475 e. The standard InChI is InChI=1S/C42H49N2O8P/c1-43(41(46)49-28-32-12-6-3-7-13-32)35-25-42-23-22-39(37(26-42)40(45)38(44(42)27-35)24-31-18-20-36(48-2)21-19-31)52-53(47,50-29-33-14-8-4-9-15-33)51-30-34-16-10-5-11-17-34/h3-21,35,37-40,45H,22-30H2,1-2H3/t35-,37-,38-,39-,40+,42+/m1/s1. The molecule has 3 aliphatic rings. The van der Waals surface area contributed by atoms with Crippen molar-refractivity contribution < 1.29 is 37.5 Å². The van der Waals surface area contributed by atoms with Crippen molar-refractivity contribution in [3.05, 3.63) is 138 Å². The molecule has 11 heteroatoms. The maximum atomic E-state index is 14.5. The van der Waals surface area contributed by atoms with Crippen LogP contribution < -0.4 is 4.74 Å². The minimum atomic E-state index is -4.10. The fourth-order valence-corrected chi connectivity index (χ4v) is 9.80. The minimum Gasteiger partial charge on any atom is -0.497 e. The highest BCUT2D eigenvalue weighted by Gasteiger charge is 2.61. The summed E-state index contributed by atoms with van der Waals surface area (Å²) in [5, 5.41) is 12.3. The van der Waals surface area contributed by atoms with Crippen molar-refractivity contribution in [3.63, 3.8) is 0 Å². The molecule has 1 N–H and O–H groups in total. The number of methoxy groups -OCH3 is 1. The lowest BCUT2D eigenvalue weighted by molar-refractivity contribution is -0.145. The van der Waals surface area contributed by atoms with Crippen molar-refractivity contribution in [2.45, 2.75) is 81.8 Å². The van der Waals surface area contributed by atoms with Gasteiger partial charge < -0.3 is 19.5 Å². The van der Waals surface area contributed by atoms with Gasteiger partial charge in [0.15, 0.2) is 0 Å². The first-order valence-electron chi connectivity index (χ1n) is 18.4. The average molecular weight is 741 g/mol. The van der Waals surface area contributed by atoms with Crippen LogP contribution in [0.1, 0.15) is 47.9 Å². The van der Waals surface area contributed by atoms with Gasteiger partial charge in [-0.15, -0.1) is 0 Å². The Morgan fingerprint density at radius 2 is 1.38 bits per heavy atom. The van der Waals surface area contributed by atoms with E-state index in [9.17, 15) is 14.5 Å². The van der Waals surface area contributed by atoms with Gasteiger partial charge in [0.2, 0.25) is 0 Å². The topological polar surface area (TPSA) is 107 Å². The summed E-state index contributed by atoms with van der Waals surface area (Å²) in [7, 11) is -0.654. The molecule has 1 amide bonds. The van der Waals surface area contributed by atoms with Gasteiger partial charge in [0.05, 0.1) is 32.5 Å². The van der Waals surface area contributed by atoms with Gasteiger partial charge in [0, 0.05) is 37.1 Å². The Bertz CT molecular complexity index is 1790. The first-order chi connectivity index (χ1) is 25.7. The second-order valence-corrected chi connectivity index (χ2v) is 16.1. The number of hydrogen-bond acceptors (Lipinski definition) is 9. The molecule has 0 aromatic heterocycles. The molecule has 10 nitrogen and oxygen atoms in total. The second kappa shape index (κ2) is 16.6. The molecule has 1 aliphatic carbocycles. The summed E-state index contributed by atoms with van der Waals surface area (Å²) in [5.41, 5.74) is 3.39. The van der Waals surface area contributed by atoms with Gasteiger partial charge >= 0.3 is 13.9 Å². The lowest BCUT2D eigenvalue weighted by Gasteiger charge is -2.57. The molecule has 7 rings (SSSR count). The fourth-order valence-electron chi connectivity index (χ4n) is 8.40. The molecule has 2 aliphatic heterocycles. The van der Waals surface area contributed by atoms with Crippen molar-refractivity contribution in [2.75, 3.05) is 20.7 Å². The summed E-state index contributed by atoms with van der Waals surface area (Å²) in [6.45, 7) is 0.911. The number of aliphatic hydroxyl groups excluding tert-OH is 1. The van der Waals surface area contributed by atoms with Crippen LogP contribution in [0.25, 0.3) is 0 Å². The Balaban J connectivity index is 1.12. The molecule has 0 radical (unpaired) electrons. The number of likely N-dealkylation sites (N-methyl/N-ethyl adjacent to an activating group) is 1. The normalized spacial score (nSPS) is 25.4. The van der Waals surface area contributed by atoms with Crippen LogP contribution in [0.15, 0.2) is 115 Å². The molecule has 53 heavy (non-hydrogen) atoms. The van der Waals surface area contributed by atoms with Crippen molar-refractivity contribution >= 4 is 13.9 Å². The number of phosphoric acid groups is 1. The quantitative estimate of drug-likeness (QED) is 0.130.